The van der Waals surface area contributed by atoms with Gasteiger partial charge in [0.05, 0.1) is 17.2 Å². The normalized spacial score (nSPS) is 11.6. The van der Waals surface area contributed by atoms with E-state index >= 15 is 0 Å². The van der Waals surface area contributed by atoms with Crippen LogP contribution in [0.3, 0.4) is 0 Å². The largest absolute Gasteiger partial charge is 0.338 e. The molecule has 0 aliphatic heterocycles. The van der Waals surface area contributed by atoms with Crippen LogP contribution in [0.15, 0.2) is 29.2 Å². The number of aryl methyl sites for hydroxylation is 3. The van der Waals surface area contributed by atoms with Crippen molar-refractivity contribution in [1.29, 1.82) is 0 Å². The van der Waals surface area contributed by atoms with Gasteiger partial charge in [-0.15, -0.1) is 0 Å². The van der Waals surface area contributed by atoms with E-state index in [0.29, 0.717) is 5.52 Å². The number of pyridine rings is 1. The maximum atomic E-state index is 12.8. The molecule has 0 spiro atoms. The second-order valence-corrected chi connectivity index (χ2v) is 6.06. The summed E-state index contributed by atoms with van der Waals surface area (Å²) in [7, 11) is 1.84. The molecule has 4 nitrogen and oxygen atoms in total. The first-order valence-electron chi connectivity index (χ1n) is 8.08. The van der Waals surface area contributed by atoms with Crippen molar-refractivity contribution in [1.82, 2.24) is 14.3 Å². The van der Waals surface area contributed by atoms with Crippen LogP contribution in [-0.4, -0.2) is 14.3 Å². The molecule has 3 aromatic rings. The number of rotatable bonds is 5. The van der Waals surface area contributed by atoms with Crippen LogP contribution in [0.25, 0.3) is 21.9 Å². The number of fused-ring (bicyclic) bond motifs is 2. The van der Waals surface area contributed by atoms with E-state index in [1.54, 1.807) is 4.68 Å². The molecule has 0 saturated heterocycles. The Morgan fingerprint density at radius 2 is 1.95 bits per heavy atom. The SMILES string of the molecule is CCCCCCn1c2ccc(C)cc2c(=O)c2c1cnn2C. The Kier molecular flexibility index (Phi) is 4.01. The molecule has 0 atom stereocenters. The van der Waals surface area contributed by atoms with Crippen molar-refractivity contribution in [2.45, 2.75) is 46.1 Å². The molecule has 116 valence electrons. The van der Waals surface area contributed by atoms with E-state index in [9.17, 15) is 4.79 Å². The molecular weight excluding hydrogens is 274 g/mol. The summed E-state index contributed by atoms with van der Waals surface area (Å²) in [6.45, 7) is 5.18. The zero-order chi connectivity index (χ0) is 15.7. The second kappa shape index (κ2) is 5.95. The summed E-state index contributed by atoms with van der Waals surface area (Å²) >= 11 is 0. The summed E-state index contributed by atoms with van der Waals surface area (Å²) in [6, 6.07) is 6.14. The summed E-state index contributed by atoms with van der Waals surface area (Å²) in [5.41, 5.74) is 3.86. The lowest BCUT2D eigenvalue weighted by Crippen LogP contribution is -2.13. The number of benzene rings is 1. The fourth-order valence-corrected chi connectivity index (χ4v) is 3.15. The average Bonchev–Trinajstić information content (AvgIpc) is 2.89. The topological polar surface area (TPSA) is 39.8 Å². The first-order chi connectivity index (χ1) is 10.6. The summed E-state index contributed by atoms with van der Waals surface area (Å²) in [5.74, 6) is 0. The van der Waals surface area contributed by atoms with Gasteiger partial charge < -0.3 is 4.57 Å². The van der Waals surface area contributed by atoms with Crippen molar-refractivity contribution < 1.29 is 0 Å². The Morgan fingerprint density at radius 1 is 1.14 bits per heavy atom. The van der Waals surface area contributed by atoms with E-state index in [2.05, 4.69) is 28.7 Å². The summed E-state index contributed by atoms with van der Waals surface area (Å²) < 4.78 is 3.95. The molecule has 2 aromatic heterocycles. The molecule has 0 aliphatic carbocycles. The monoisotopic (exact) mass is 297 g/mol. The van der Waals surface area contributed by atoms with E-state index in [1.165, 1.54) is 19.3 Å². The average molecular weight is 297 g/mol. The highest BCUT2D eigenvalue weighted by Gasteiger charge is 2.14. The maximum absolute atomic E-state index is 12.8. The van der Waals surface area contributed by atoms with Crippen LogP contribution < -0.4 is 5.43 Å². The van der Waals surface area contributed by atoms with Gasteiger partial charge in [-0.25, -0.2) is 0 Å². The molecule has 1 aromatic carbocycles. The smallest absolute Gasteiger partial charge is 0.215 e. The minimum atomic E-state index is 0.0820. The van der Waals surface area contributed by atoms with Crippen molar-refractivity contribution in [3.05, 3.63) is 40.2 Å². The Hall–Kier alpha value is -2.10. The van der Waals surface area contributed by atoms with E-state index in [1.807, 2.05) is 26.2 Å². The van der Waals surface area contributed by atoms with Crippen LogP contribution in [0.2, 0.25) is 0 Å². The summed E-state index contributed by atoms with van der Waals surface area (Å²) in [5, 5.41) is 5.10. The number of nitrogens with zero attached hydrogens (tertiary/aromatic N) is 3. The van der Waals surface area contributed by atoms with Crippen molar-refractivity contribution in [3.63, 3.8) is 0 Å². The van der Waals surface area contributed by atoms with Gasteiger partial charge in [-0.05, 0) is 25.5 Å². The molecule has 4 heteroatoms. The molecule has 0 fully saturated rings. The van der Waals surface area contributed by atoms with Crippen molar-refractivity contribution in [2.24, 2.45) is 7.05 Å². The van der Waals surface area contributed by atoms with Crippen LogP contribution in [0, 0.1) is 6.92 Å². The third-order valence-electron chi connectivity index (χ3n) is 4.35. The predicted molar refractivity (Wildman–Crippen MR) is 91.4 cm³/mol. The Morgan fingerprint density at radius 3 is 2.73 bits per heavy atom. The molecule has 0 saturated carbocycles. The summed E-state index contributed by atoms with van der Waals surface area (Å²) in [6.07, 6.45) is 6.65. The standard InChI is InChI=1S/C18H23N3O/c1-4-5-6-7-10-21-15-9-8-13(2)11-14(15)18(22)17-16(21)12-19-20(17)3/h8-9,11-12H,4-7,10H2,1-3H3. The van der Waals surface area contributed by atoms with Crippen LogP contribution in [0.5, 0.6) is 0 Å². The van der Waals surface area contributed by atoms with Crippen LogP contribution in [-0.2, 0) is 13.6 Å². The molecule has 3 rings (SSSR count). The molecule has 2 heterocycles. The van der Waals surface area contributed by atoms with E-state index < -0.39 is 0 Å². The second-order valence-electron chi connectivity index (χ2n) is 6.06. The first kappa shape index (κ1) is 14.8. The Balaban J connectivity index is 2.21. The van der Waals surface area contributed by atoms with Crippen molar-refractivity contribution in [2.75, 3.05) is 0 Å². The quantitative estimate of drug-likeness (QED) is 0.672. The van der Waals surface area contributed by atoms with Gasteiger partial charge in [0.15, 0.2) is 0 Å². The highest BCUT2D eigenvalue weighted by atomic mass is 16.1. The molecule has 0 bridgehead atoms. The summed E-state index contributed by atoms with van der Waals surface area (Å²) in [4.78, 5) is 12.8. The number of hydrogen-bond donors (Lipinski definition) is 0. The van der Waals surface area contributed by atoms with Gasteiger partial charge in [0.2, 0.25) is 5.43 Å². The molecule has 0 aliphatic rings. The number of unbranched alkanes of at least 4 members (excludes halogenated alkanes) is 3. The van der Waals surface area contributed by atoms with Crippen LogP contribution in [0.4, 0.5) is 0 Å². The van der Waals surface area contributed by atoms with Gasteiger partial charge in [-0.2, -0.15) is 5.10 Å². The minimum Gasteiger partial charge on any atom is -0.338 e. The molecule has 22 heavy (non-hydrogen) atoms. The lowest BCUT2D eigenvalue weighted by Gasteiger charge is -2.13. The lowest BCUT2D eigenvalue weighted by atomic mass is 10.1. The lowest BCUT2D eigenvalue weighted by molar-refractivity contribution is 0.601. The van der Waals surface area contributed by atoms with Crippen LogP contribution >= 0.6 is 0 Å². The fraction of sp³-hybridized carbons (Fsp3) is 0.444. The van der Waals surface area contributed by atoms with Crippen molar-refractivity contribution >= 4 is 21.9 Å². The minimum absolute atomic E-state index is 0.0820. The van der Waals surface area contributed by atoms with Gasteiger partial charge in [-0.3, -0.25) is 9.48 Å². The third-order valence-corrected chi connectivity index (χ3v) is 4.35. The third kappa shape index (κ3) is 2.43. The van der Waals surface area contributed by atoms with Gasteiger partial charge in [0.1, 0.15) is 5.52 Å². The Labute approximate surface area is 130 Å². The van der Waals surface area contributed by atoms with Gasteiger partial charge >= 0.3 is 0 Å². The van der Waals surface area contributed by atoms with Gasteiger partial charge in [0, 0.05) is 19.0 Å². The van der Waals surface area contributed by atoms with Crippen molar-refractivity contribution in [3.8, 4) is 0 Å². The zero-order valence-electron chi connectivity index (χ0n) is 13.6. The zero-order valence-corrected chi connectivity index (χ0v) is 13.6. The molecule has 0 N–H and O–H groups in total. The number of aromatic nitrogens is 3. The molecule has 0 radical (unpaired) electrons. The molecule has 0 unspecified atom stereocenters. The van der Waals surface area contributed by atoms with Gasteiger partial charge in [0.25, 0.3) is 0 Å². The highest BCUT2D eigenvalue weighted by molar-refractivity contribution is 5.92. The maximum Gasteiger partial charge on any atom is 0.215 e. The van der Waals surface area contributed by atoms with Gasteiger partial charge in [-0.1, -0.05) is 37.8 Å². The van der Waals surface area contributed by atoms with E-state index in [4.69, 9.17) is 0 Å². The Bertz CT molecular complexity index is 873. The van der Waals surface area contributed by atoms with E-state index in [0.717, 1.165) is 34.9 Å². The number of hydrogen-bond acceptors (Lipinski definition) is 2. The van der Waals surface area contributed by atoms with Crippen LogP contribution in [0.1, 0.15) is 38.2 Å². The highest BCUT2D eigenvalue weighted by Crippen LogP contribution is 2.21. The molecular formula is C18H23N3O. The molecule has 0 amide bonds. The first-order valence-corrected chi connectivity index (χ1v) is 8.08. The van der Waals surface area contributed by atoms with E-state index in [-0.39, 0.29) is 5.43 Å². The predicted octanol–water partition coefficient (Wildman–Crippen LogP) is 3.78. The fourth-order valence-electron chi connectivity index (χ4n) is 3.15.